The number of hydrogen-bond acceptors (Lipinski definition) is 1. The van der Waals surface area contributed by atoms with Gasteiger partial charge < -0.3 is 4.90 Å². The van der Waals surface area contributed by atoms with E-state index in [1.807, 2.05) is 0 Å². The minimum atomic E-state index is 0.927. The molecule has 0 spiro atoms. The van der Waals surface area contributed by atoms with Gasteiger partial charge in [-0.1, -0.05) is 194 Å². The first-order chi connectivity index (χ1) is 27.3. The van der Waals surface area contributed by atoms with E-state index in [4.69, 9.17) is 0 Å². The van der Waals surface area contributed by atoms with Crippen LogP contribution in [0.5, 0.6) is 0 Å². The van der Waals surface area contributed by atoms with Crippen molar-refractivity contribution in [1.29, 1.82) is 0 Å². The lowest BCUT2D eigenvalue weighted by Gasteiger charge is -2.31. The Balaban J connectivity index is 1.09. The number of allylic oxidation sites excluding steroid dienone is 4. The molecule has 0 N–H and O–H groups in total. The molecule has 8 aromatic rings. The van der Waals surface area contributed by atoms with Crippen molar-refractivity contribution in [1.82, 2.24) is 0 Å². The number of rotatable bonds is 9. The third kappa shape index (κ3) is 7.34. The molecule has 1 heteroatoms. The molecule has 1 nitrogen and oxygen atoms in total. The van der Waals surface area contributed by atoms with Crippen LogP contribution in [0.15, 0.2) is 230 Å². The molecule has 0 saturated heterocycles. The van der Waals surface area contributed by atoms with Crippen molar-refractivity contribution in [2.75, 3.05) is 4.90 Å². The van der Waals surface area contributed by atoms with Crippen LogP contribution in [0, 0.1) is 0 Å². The summed E-state index contributed by atoms with van der Waals surface area (Å²) in [5, 5.41) is 0. The van der Waals surface area contributed by atoms with Crippen LogP contribution in [0.2, 0.25) is 0 Å². The molecule has 0 aromatic heterocycles. The molecular formula is C54H41N. The predicted octanol–water partition coefficient (Wildman–Crippen LogP) is 14.9. The summed E-state index contributed by atoms with van der Waals surface area (Å²) >= 11 is 0. The molecule has 1 aliphatic rings. The molecule has 0 radical (unpaired) electrons. The van der Waals surface area contributed by atoms with E-state index in [2.05, 4.69) is 229 Å². The molecule has 1 aliphatic carbocycles. The average molecular weight is 704 g/mol. The van der Waals surface area contributed by atoms with Gasteiger partial charge in [-0.25, -0.2) is 0 Å². The Bertz CT molecular complexity index is 2570. The second kappa shape index (κ2) is 15.6. The predicted molar refractivity (Wildman–Crippen MR) is 234 cm³/mol. The number of nitrogens with zero attached hydrogens (tertiary/aromatic N) is 1. The molecular weight excluding hydrogens is 663 g/mol. The highest BCUT2D eigenvalue weighted by Crippen LogP contribution is 2.41. The monoisotopic (exact) mass is 703 g/mol. The lowest BCUT2D eigenvalue weighted by Crippen LogP contribution is -2.18. The molecule has 0 bridgehead atoms. The fourth-order valence-electron chi connectivity index (χ4n) is 7.73. The van der Waals surface area contributed by atoms with Crippen LogP contribution in [0.3, 0.4) is 0 Å². The number of hydrogen-bond donors (Lipinski definition) is 0. The van der Waals surface area contributed by atoms with E-state index in [9.17, 15) is 0 Å². The van der Waals surface area contributed by atoms with Crippen molar-refractivity contribution in [2.24, 2.45) is 0 Å². The van der Waals surface area contributed by atoms with Crippen LogP contribution in [0.25, 0.3) is 61.2 Å². The maximum atomic E-state index is 2.45. The van der Waals surface area contributed by atoms with E-state index in [1.165, 1.54) is 72.5 Å². The Morgan fingerprint density at radius 1 is 0.273 bits per heavy atom. The second-order valence-electron chi connectivity index (χ2n) is 14.1. The van der Waals surface area contributed by atoms with Gasteiger partial charge in [0.2, 0.25) is 0 Å². The number of anilines is 2. The van der Waals surface area contributed by atoms with Crippen LogP contribution in [0.4, 0.5) is 11.4 Å². The maximum Gasteiger partial charge on any atom is 0.0465 e. The Morgan fingerprint density at radius 3 is 1.11 bits per heavy atom. The van der Waals surface area contributed by atoms with Gasteiger partial charge in [-0.2, -0.15) is 0 Å². The van der Waals surface area contributed by atoms with Crippen molar-refractivity contribution in [3.63, 3.8) is 0 Å². The van der Waals surface area contributed by atoms with Crippen molar-refractivity contribution < 1.29 is 0 Å². The highest BCUT2D eigenvalue weighted by Gasteiger charge is 2.20. The second-order valence-corrected chi connectivity index (χ2v) is 14.1. The average Bonchev–Trinajstić information content (AvgIpc) is 3.28. The summed E-state index contributed by atoms with van der Waals surface area (Å²) in [6.07, 6.45) is 6.54. The van der Waals surface area contributed by atoms with Crippen molar-refractivity contribution in [3.05, 3.63) is 236 Å². The fourth-order valence-corrected chi connectivity index (χ4v) is 7.73. The van der Waals surface area contributed by atoms with E-state index in [0.29, 0.717) is 0 Å². The molecule has 9 rings (SSSR count). The van der Waals surface area contributed by atoms with E-state index in [1.54, 1.807) is 0 Å². The number of benzene rings is 8. The van der Waals surface area contributed by atoms with Crippen molar-refractivity contribution >= 4 is 16.9 Å². The van der Waals surface area contributed by atoms with Gasteiger partial charge in [-0.15, -0.1) is 0 Å². The molecule has 0 fully saturated rings. The Kier molecular flexibility index (Phi) is 9.58. The molecule has 8 aromatic carbocycles. The Morgan fingerprint density at radius 2 is 0.655 bits per heavy atom. The quantitative estimate of drug-likeness (QED) is 0.145. The minimum Gasteiger partial charge on any atom is -0.314 e. The highest BCUT2D eigenvalue weighted by atomic mass is 15.1. The Labute approximate surface area is 324 Å². The smallest absolute Gasteiger partial charge is 0.0465 e. The van der Waals surface area contributed by atoms with Gasteiger partial charge in [0.25, 0.3) is 0 Å². The van der Waals surface area contributed by atoms with E-state index in [0.717, 1.165) is 24.2 Å². The summed E-state index contributed by atoms with van der Waals surface area (Å²) < 4.78 is 0. The molecule has 55 heavy (non-hydrogen) atoms. The van der Waals surface area contributed by atoms with Gasteiger partial charge >= 0.3 is 0 Å². The largest absolute Gasteiger partial charge is 0.314 e. The van der Waals surface area contributed by atoms with Crippen molar-refractivity contribution in [2.45, 2.75) is 12.8 Å². The molecule has 0 heterocycles. The van der Waals surface area contributed by atoms with Crippen LogP contribution < -0.4 is 4.90 Å². The van der Waals surface area contributed by atoms with Gasteiger partial charge in [-0.05, 0) is 110 Å². The zero-order valence-electron chi connectivity index (χ0n) is 30.7. The van der Waals surface area contributed by atoms with Crippen LogP contribution in [-0.2, 0) is 0 Å². The lowest BCUT2D eigenvalue weighted by atomic mass is 9.92. The summed E-state index contributed by atoms with van der Waals surface area (Å²) in [6, 6.07) is 76.6. The van der Waals surface area contributed by atoms with Gasteiger partial charge in [0.1, 0.15) is 0 Å². The van der Waals surface area contributed by atoms with E-state index >= 15 is 0 Å². The molecule has 0 saturated carbocycles. The van der Waals surface area contributed by atoms with Crippen molar-refractivity contribution in [3.8, 4) is 55.6 Å². The van der Waals surface area contributed by atoms with Gasteiger partial charge in [0.05, 0.1) is 0 Å². The zero-order valence-corrected chi connectivity index (χ0v) is 30.7. The SMILES string of the molecule is C1=C(c2ccc(-c3ccccc3)cc2)CCC(N(c2ccc(-c3ccc(-c4ccccc4)cc3)cc2)c2ccc(-c3ccccc3)c(-c3ccccc3)c2)=C1. The molecule has 0 aliphatic heterocycles. The first-order valence-electron chi connectivity index (χ1n) is 19.1. The summed E-state index contributed by atoms with van der Waals surface area (Å²) in [7, 11) is 0. The van der Waals surface area contributed by atoms with E-state index in [-0.39, 0.29) is 0 Å². The van der Waals surface area contributed by atoms with Gasteiger partial charge in [-0.3, -0.25) is 0 Å². The topological polar surface area (TPSA) is 3.24 Å². The zero-order chi connectivity index (χ0) is 36.8. The Hall–Kier alpha value is -6.96. The van der Waals surface area contributed by atoms with Gasteiger partial charge in [0.15, 0.2) is 0 Å². The standard InChI is InChI=1S/C54H41N/c1-5-13-40(14-6-1)42-21-25-44(26-22-42)46-29-33-50(34-30-46)55(51-35-31-47(32-36-51)45-27-23-43(24-28-45)41-15-7-2-8-16-41)52-37-38-53(48-17-9-3-10-18-48)54(39-52)49-19-11-4-12-20-49/h1-31,33-35,37-39H,32,36H2. The van der Waals surface area contributed by atoms with Crippen LogP contribution >= 0.6 is 0 Å². The molecule has 0 unspecified atom stereocenters. The first kappa shape index (κ1) is 33.8. The van der Waals surface area contributed by atoms with Gasteiger partial charge in [0, 0.05) is 17.1 Å². The summed E-state index contributed by atoms with van der Waals surface area (Å²) in [6.45, 7) is 0. The van der Waals surface area contributed by atoms with Crippen LogP contribution in [-0.4, -0.2) is 0 Å². The summed E-state index contributed by atoms with van der Waals surface area (Å²) in [5.41, 5.74) is 18.4. The molecule has 262 valence electrons. The van der Waals surface area contributed by atoms with Crippen LogP contribution in [0.1, 0.15) is 18.4 Å². The first-order valence-corrected chi connectivity index (χ1v) is 19.1. The minimum absolute atomic E-state index is 0.927. The maximum absolute atomic E-state index is 2.45. The summed E-state index contributed by atoms with van der Waals surface area (Å²) in [5.74, 6) is 0. The lowest BCUT2D eigenvalue weighted by molar-refractivity contribution is 0.930. The fraction of sp³-hybridized carbons (Fsp3) is 0.0370. The highest BCUT2D eigenvalue weighted by molar-refractivity contribution is 5.88. The third-order valence-electron chi connectivity index (χ3n) is 10.7. The van der Waals surface area contributed by atoms with E-state index < -0.39 is 0 Å². The summed E-state index contributed by atoms with van der Waals surface area (Å²) in [4.78, 5) is 2.45. The third-order valence-corrected chi connectivity index (χ3v) is 10.7. The normalized spacial score (nSPS) is 12.4. The molecule has 0 atom stereocenters. The molecule has 0 amide bonds.